The molecule has 0 unspecified atom stereocenters. The molecule has 33 heavy (non-hydrogen) atoms. The van der Waals surface area contributed by atoms with E-state index in [1.807, 2.05) is 32.6 Å². The first-order valence-corrected chi connectivity index (χ1v) is 11.9. The van der Waals surface area contributed by atoms with Gasteiger partial charge in [0.2, 0.25) is 5.91 Å². The van der Waals surface area contributed by atoms with Crippen molar-refractivity contribution >= 4 is 28.9 Å². The number of benzene rings is 2. The summed E-state index contributed by atoms with van der Waals surface area (Å²) in [5.74, 6) is 0.144. The Bertz CT molecular complexity index is 1280. The first-order valence-electron chi connectivity index (χ1n) is 10.9. The number of aromatic nitrogens is 3. The molecule has 1 saturated heterocycles. The van der Waals surface area contributed by atoms with E-state index in [0.29, 0.717) is 37.6 Å². The summed E-state index contributed by atoms with van der Waals surface area (Å²) in [5, 5.41) is 5.45. The van der Waals surface area contributed by atoms with E-state index >= 15 is 0 Å². The molecular weight excluding hydrogens is 437 g/mol. The van der Waals surface area contributed by atoms with E-state index in [1.54, 1.807) is 18.3 Å². The summed E-state index contributed by atoms with van der Waals surface area (Å²) in [4.78, 5) is 21.2. The molecule has 0 saturated carbocycles. The maximum absolute atomic E-state index is 14.1. The van der Waals surface area contributed by atoms with E-state index < -0.39 is 0 Å². The van der Waals surface area contributed by atoms with Crippen LogP contribution in [-0.4, -0.2) is 57.3 Å². The SMILES string of the molecule is Cc1ccc(-c2cc3c(SCC(=O)N4CCN(c5ccccc5F)CC4)nccn3n2)cc1. The van der Waals surface area contributed by atoms with E-state index in [4.69, 9.17) is 0 Å². The molecule has 8 heteroatoms. The Morgan fingerprint density at radius 3 is 2.58 bits per heavy atom. The van der Waals surface area contributed by atoms with Crippen LogP contribution in [0.3, 0.4) is 0 Å². The predicted octanol–water partition coefficient (Wildman–Crippen LogP) is 4.28. The molecule has 0 N–H and O–H groups in total. The van der Waals surface area contributed by atoms with Gasteiger partial charge in [0, 0.05) is 44.1 Å². The number of hydrogen-bond donors (Lipinski definition) is 0. The van der Waals surface area contributed by atoms with Gasteiger partial charge in [-0.25, -0.2) is 13.9 Å². The minimum atomic E-state index is -0.224. The second kappa shape index (κ2) is 9.23. The van der Waals surface area contributed by atoms with Gasteiger partial charge in [0.1, 0.15) is 10.8 Å². The smallest absolute Gasteiger partial charge is 0.233 e. The number of piperazine rings is 1. The van der Waals surface area contributed by atoms with Crippen LogP contribution in [0.15, 0.2) is 72.0 Å². The van der Waals surface area contributed by atoms with E-state index in [2.05, 4.69) is 41.3 Å². The highest BCUT2D eigenvalue weighted by Gasteiger charge is 2.23. The highest BCUT2D eigenvalue weighted by atomic mass is 32.2. The van der Waals surface area contributed by atoms with Crippen molar-refractivity contribution in [1.82, 2.24) is 19.5 Å². The standard InChI is InChI=1S/C25H24FN5OS/c1-18-6-8-19(9-7-18)21-16-23-25(27-10-11-31(23)28-21)33-17-24(32)30-14-12-29(13-15-30)22-5-3-2-4-20(22)26/h2-11,16H,12-15,17H2,1H3. The number of anilines is 1. The summed E-state index contributed by atoms with van der Waals surface area (Å²) >= 11 is 1.43. The maximum atomic E-state index is 14.1. The van der Waals surface area contributed by atoms with Crippen LogP contribution in [0, 0.1) is 12.7 Å². The van der Waals surface area contributed by atoms with Gasteiger partial charge in [-0.15, -0.1) is 0 Å². The molecule has 0 atom stereocenters. The molecule has 1 aliphatic rings. The minimum absolute atomic E-state index is 0.0651. The first-order chi connectivity index (χ1) is 16.1. The van der Waals surface area contributed by atoms with Crippen molar-refractivity contribution in [2.75, 3.05) is 36.8 Å². The molecule has 0 spiro atoms. The Morgan fingerprint density at radius 2 is 1.82 bits per heavy atom. The predicted molar refractivity (Wildman–Crippen MR) is 129 cm³/mol. The lowest BCUT2D eigenvalue weighted by molar-refractivity contribution is -0.128. The van der Waals surface area contributed by atoms with E-state index in [0.717, 1.165) is 21.8 Å². The molecule has 3 heterocycles. The number of nitrogens with zero attached hydrogens (tertiary/aromatic N) is 5. The van der Waals surface area contributed by atoms with Crippen LogP contribution < -0.4 is 4.90 Å². The normalized spacial score (nSPS) is 14.1. The summed E-state index contributed by atoms with van der Waals surface area (Å²) in [6.45, 7) is 4.45. The van der Waals surface area contributed by atoms with Crippen LogP contribution in [0.5, 0.6) is 0 Å². The third kappa shape index (κ3) is 4.57. The molecule has 1 aliphatic heterocycles. The quantitative estimate of drug-likeness (QED) is 0.415. The summed E-state index contributed by atoms with van der Waals surface area (Å²) in [6, 6.07) is 17.0. The van der Waals surface area contributed by atoms with E-state index in [1.165, 1.54) is 23.4 Å². The van der Waals surface area contributed by atoms with Crippen molar-refractivity contribution in [1.29, 1.82) is 0 Å². The summed E-state index contributed by atoms with van der Waals surface area (Å²) in [6.07, 6.45) is 3.53. The summed E-state index contributed by atoms with van der Waals surface area (Å²) in [7, 11) is 0. The molecule has 0 radical (unpaired) electrons. The summed E-state index contributed by atoms with van der Waals surface area (Å²) < 4.78 is 15.9. The lowest BCUT2D eigenvalue weighted by atomic mass is 10.1. The van der Waals surface area contributed by atoms with Crippen LogP contribution in [0.4, 0.5) is 10.1 Å². The van der Waals surface area contributed by atoms with Crippen molar-refractivity contribution in [2.24, 2.45) is 0 Å². The fraction of sp³-hybridized carbons (Fsp3) is 0.240. The van der Waals surface area contributed by atoms with Gasteiger partial charge in [0.15, 0.2) is 0 Å². The lowest BCUT2D eigenvalue weighted by Crippen LogP contribution is -2.49. The van der Waals surface area contributed by atoms with Crippen molar-refractivity contribution in [3.63, 3.8) is 0 Å². The number of halogens is 1. The van der Waals surface area contributed by atoms with Crippen LogP contribution in [-0.2, 0) is 4.79 Å². The maximum Gasteiger partial charge on any atom is 0.233 e. The van der Waals surface area contributed by atoms with Crippen molar-refractivity contribution in [3.05, 3.63) is 78.4 Å². The van der Waals surface area contributed by atoms with Crippen LogP contribution >= 0.6 is 11.8 Å². The molecule has 1 amide bonds. The van der Waals surface area contributed by atoms with Gasteiger partial charge in [-0.3, -0.25) is 4.79 Å². The Kier molecular flexibility index (Phi) is 6.00. The summed E-state index contributed by atoms with van der Waals surface area (Å²) in [5.41, 5.74) is 4.60. The van der Waals surface area contributed by atoms with Crippen LogP contribution in [0.25, 0.3) is 16.8 Å². The minimum Gasteiger partial charge on any atom is -0.366 e. The number of carbonyl (C=O) groups excluding carboxylic acids is 1. The number of carbonyl (C=O) groups is 1. The monoisotopic (exact) mass is 461 g/mol. The number of amides is 1. The molecule has 4 aromatic rings. The van der Waals surface area contributed by atoms with Gasteiger partial charge in [-0.05, 0) is 25.1 Å². The van der Waals surface area contributed by atoms with Crippen LogP contribution in [0.2, 0.25) is 0 Å². The molecule has 2 aromatic heterocycles. The average molecular weight is 462 g/mol. The van der Waals surface area contributed by atoms with Gasteiger partial charge in [0.25, 0.3) is 0 Å². The van der Waals surface area contributed by atoms with Crippen LogP contribution in [0.1, 0.15) is 5.56 Å². The number of aryl methyl sites for hydroxylation is 1. The molecular formula is C25H24FN5OS. The zero-order chi connectivity index (χ0) is 22.8. The average Bonchev–Trinajstić information content (AvgIpc) is 3.28. The molecule has 0 aliphatic carbocycles. The molecule has 168 valence electrons. The number of para-hydroxylation sites is 1. The van der Waals surface area contributed by atoms with Gasteiger partial charge >= 0.3 is 0 Å². The van der Waals surface area contributed by atoms with Gasteiger partial charge in [-0.1, -0.05) is 53.7 Å². The molecule has 5 rings (SSSR count). The van der Waals surface area contributed by atoms with E-state index in [9.17, 15) is 9.18 Å². The Hall–Kier alpha value is -3.39. The lowest BCUT2D eigenvalue weighted by Gasteiger charge is -2.36. The third-order valence-corrected chi connectivity index (χ3v) is 6.84. The Morgan fingerprint density at radius 1 is 1.06 bits per heavy atom. The van der Waals surface area contributed by atoms with Crippen molar-refractivity contribution < 1.29 is 9.18 Å². The van der Waals surface area contributed by atoms with E-state index in [-0.39, 0.29) is 11.7 Å². The number of hydrogen-bond acceptors (Lipinski definition) is 5. The highest BCUT2D eigenvalue weighted by Crippen LogP contribution is 2.27. The number of rotatable bonds is 5. The second-order valence-corrected chi connectivity index (χ2v) is 9.03. The molecule has 1 fully saturated rings. The fourth-order valence-electron chi connectivity index (χ4n) is 4.00. The van der Waals surface area contributed by atoms with Crippen molar-refractivity contribution in [2.45, 2.75) is 11.9 Å². The molecule has 2 aromatic carbocycles. The number of fused-ring (bicyclic) bond motifs is 1. The van der Waals surface area contributed by atoms with Gasteiger partial charge < -0.3 is 9.80 Å². The largest absolute Gasteiger partial charge is 0.366 e. The zero-order valence-electron chi connectivity index (χ0n) is 18.3. The van der Waals surface area contributed by atoms with Gasteiger partial charge in [-0.2, -0.15) is 5.10 Å². The zero-order valence-corrected chi connectivity index (χ0v) is 19.1. The fourth-order valence-corrected chi connectivity index (χ4v) is 4.88. The van der Waals surface area contributed by atoms with Gasteiger partial charge in [0.05, 0.1) is 22.7 Å². The first kappa shape index (κ1) is 21.5. The highest BCUT2D eigenvalue weighted by molar-refractivity contribution is 8.00. The Balaban J connectivity index is 1.23. The molecule has 0 bridgehead atoms. The third-order valence-electron chi connectivity index (χ3n) is 5.86. The second-order valence-electron chi connectivity index (χ2n) is 8.07. The van der Waals surface area contributed by atoms with Crippen molar-refractivity contribution in [3.8, 4) is 11.3 Å². The Labute approximate surface area is 196 Å². The topological polar surface area (TPSA) is 53.7 Å². The number of thioether (sulfide) groups is 1. The molecule has 6 nitrogen and oxygen atoms in total.